The molecule has 2 aromatic rings. The summed E-state index contributed by atoms with van der Waals surface area (Å²) in [6.45, 7) is 0. The number of hydrogen-bond donors (Lipinski definition) is 0. The van der Waals surface area contributed by atoms with Gasteiger partial charge in [0.15, 0.2) is 0 Å². The van der Waals surface area contributed by atoms with E-state index in [1.165, 1.54) is 7.11 Å². The smallest absolute Gasteiger partial charge is 0.305 e. The van der Waals surface area contributed by atoms with Crippen LogP contribution in [-0.4, -0.2) is 26.2 Å². The van der Waals surface area contributed by atoms with Crippen LogP contribution in [0.15, 0.2) is 46.8 Å². The van der Waals surface area contributed by atoms with Crippen molar-refractivity contribution in [3.05, 3.63) is 51.8 Å². The highest BCUT2D eigenvalue weighted by atomic mass is 16.5. The number of benzene rings is 2. The van der Waals surface area contributed by atoms with Crippen LogP contribution in [0.3, 0.4) is 0 Å². The summed E-state index contributed by atoms with van der Waals surface area (Å²) in [5.74, 6) is 0.375. The Morgan fingerprint density at radius 1 is 1.04 bits per heavy atom. The summed E-state index contributed by atoms with van der Waals surface area (Å²) >= 11 is 0. The lowest BCUT2D eigenvalue weighted by molar-refractivity contribution is -0.140. The molecule has 2 aromatic carbocycles. The van der Waals surface area contributed by atoms with Crippen molar-refractivity contribution in [2.75, 3.05) is 14.2 Å². The molecule has 0 aromatic heterocycles. The van der Waals surface area contributed by atoms with Crippen LogP contribution in [-0.2, 0) is 9.53 Å². The quantitative estimate of drug-likeness (QED) is 0.503. The third kappa shape index (κ3) is 4.59. The van der Waals surface area contributed by atoms with E-state index in [-0.39, 0.29) is 18.8 Å². The summed E-state index contributed by atoms with van der Waals surface area (Å²) in [7, 11) is 2.90. The Morgan fingerprint density at radius 3 is 2.40 bits per heavy atom. The molecule has 0 bridgehead atoms. The van der Waals surface area contributed by atoms with Gasteiger partial charge in [-0.1, -0.05) is 28.6 Å². The maximum Gasteiger partial charge on any atom is 0.305 e. The van der Waals surface area contributed by atoms with Crippen molar-refractivity contribution in [3.8, 4) is 5.75 Å². The molecule has 0 N–H and O–H groups in total. The monoisotopic (exact) mass is 344 g/mol. The standard InChI is InChI=1S/C18H20N2O5/c1-24-15-9-8-12-10-14(7-6-13(12)11-15)18(20-23)16(19-22)4-3-5-17(21)25-2/h6-11,16,18H,3-5H2,1-2H3. The van der Waals surface area contributed by atoms with E-state index in [0.29, 0.717) is 12.0 Å². The second-order valence-corrected chi connectivity index (χ2v) is 5.66. The van der Waals surface area contributed by atoms with Crippen LogP contribution in [0.1, 0.15) is 30.9 Å². The fourth-order valence-corrected chi connectivity index (χ4v) is 2.73. The summed E-state index contributed by atoms with van der Waals surface area (Å²) in [5, 5.41) is 8.01. The van der Waals surface area contributed by atoms with Gasteiger partial charge in [-0.15, -0.1) is 0 Å². The normalized spacial score (nSPS) is 13.0. The van der Waals surface area contributed by atoms with Crippen molar-refractivity contribution in [1.29, 1.82) is 0 Å². The highest BCUT2D eigenvalue weighted by Crippen LogP contribution is 2.30. The minimum absolute atomic E-state index is 0.172. The number of fused-ring (bicyclic) bond motifs is 1. The zero-order chi connectivity index (χ0) is 18.2. The van der Waals surface area contributed by atoms with Crippen molar-refractivity contribution in [1.82, 2.24) is 0 Å². The van der Waals surface area contributed by atoms with E-state index in [1.54, 1.807) is 13.2 Å². The number of ether oxygens (including phenoxy) is 2. The molecule has 0 saturated heterocycles. The second kappa shape index (κ2) is 8.86. The SMILES string of the molecule is COC(=O)CCCC(N=O)C(N=O)c1ccc2cc(OC)ccc2c1. The Labute approximate surface area is 145 Å². The van der Waals surface area contributed by atoms with Gasteiger partial charge in [0.05, 0.1) is 14.2 Å². The molecule has 0 aliphatic heterocycles. The maximum absolute atomic E-state index is 11.3. The summed E-state index contributed by atoms with van der Waals surface area (Å²) in [5.41, 5.74) is 0.621. The third-order valence-corrected chi connectivity index (χ3v) is 4.13. The fourth-order valence-electron chi connectivity index (χ4n) is 2.73. The van der Waals surface area contributed by atoms with Crippen molar-refractivity contribution < 1.29 is 14.3 Å². The molecule has 7 nitrogen and oxygen atoms in total. The van der Waals surface area contributed by atoms with Gasteiger partial charge < -0.3 is 9.47 Å². The van der Waals surface area contributed by atoms with Gasteiger partial charge in [0.1, 0.15) is 17.8 Å². The van der Waals surface area contributed by atoms with Gasteiger partial charge in [-0.3, -0.25) is 4.79 Å². The lowest BCUT2D eigenvalue weighted by Gasteiger charge is -2.16. The van der Waals surface area contributed by atoms with Crippen molar-refractivity contribution >= 4 is 16.7 Å². The summed E-state index contributed by atoms with van der Waals surface area (Å²) < 4.78 is 9.75. The third-order valence-electron chi connectivity index (χ3n) is 4.13. The average molecular weight is 344 g/mol. The topological polar surface area (TPSA) is 94.4 Å². The van der Waals surface area contributed by atoms with Crippen LogP contribution in [0.25, 0.3) is 10.8 Å². The lowest BCUT2D eigenvalue weighted by Crippen LogP contribution is -2.15. The number of nitroso groups, excluding NO2 is 2. The molecule has 0 radical (unpaired) electrons. The van der Waals surface area contributed by atoms with E-state index in [1.807, 2.05) is 30.3 Å². The molecule has 25 heavy (non-hydrogen) atoms. The Kier molecular flexibility index (Phi) is 6.56. The molecule has 132 valence electrons. The van der Waals surface area contributed by atoms with Crippen molar-refractivity contribution in [2.24, 2.45) is 10.4 Å². The number of hydrogen-bond acceptors (Lipinski definition) is 7. The molecule has 7 heteroatoms. The van der Waals surface area contributed by atoms with Crippen LogP contribution in [0.4, 0.5) is 0 Å². The minimum atomic E-state index is -0.887. The first-order valence-corrected chi connectivity index (χ1v) is 7.92. The average Bonchev–Trinajstić information content (AvgIpc) is 2.66. The van der Waals surface area contributed by atoms with E-state index < -0.39 is 12.1 Å². The van der Waals surface area contributed by atoms with Gasteiger partial charge >= 0.3 is 5.97 Å². The summed E-state index contributed by atoms with van der Waals surface area (Å²) in [6, 6.07) is 9.29. The van der Waals surface area contributed by atoms with E-state index in [4.69, 9.17) is 4.74 Å². The van der Waals surface area contributed by atoms with E-state index in [9.17, 15) is 14.6 Å². The summed E-state index contributed by atoms with van der Waals surface area (Å²) in [6.07, 6.45) is 0.862. The predicted octanol–water partition coefficient (Wildman–Crippen LogP) is 4.13. The lowest BCUT2D eigenvalue weighted by atomic mass is 9.94. The first kappa shape index (κ1) is 18.5. The highest BCUT2D eigenvalue weighted by molar-refractivity contribution is 5.84. The number of esters is 1. The Bertz CT molecular complexity index is 762. The maximum atomic E-state index is 11.3. The van der Waals surface area contributed by atoms with Crippen LogP contribution < -0.4 is 4.74 Å². The molecule has 0 aliphatic carbocycles. The number of rotatable bonds is 9. The zero-order valence-corrected chi connectivity index (χ0v) is 14.2. The van der Waals surface area contributed by atoms with Gasteiger partial charge in [0, 0.05) is 6.42 Å². The number of carbonyl (C=O) groups excluding carboxylic acids is 1. The van der Waals surface area contributed by atoms with Crippen molar-refractivity contribution in [2.45, 2.75) is 31.3 Å². The van der Waals surface area contributed by atoms with Crippen LogP contribution in [0.2, 0.25) is 0 Å². The van der Waals surface area contributed by atoms with Crippen LogP contribution in [0.5, 0.6) is 5.75 Å². The minimum Gasteiger partial charge on any atom is -0.497 e. The molecule has 0 saturated carbocycles. The first-order chi connectivity index (χ1) is 12.1. The Balaban J connectivity index is 2.19. The van der Waals surface area contributed by atoms with Crippen molar-refractivity contribution in [3.63, 3.8) is 0 Å². The van der Waals surface area contributed by atoms with Gasteiger partial charge in [-0.05, 0) is 47.4 Å². The van der Waals surface area contributed by atoms with E-state index in [0.717, 1.165) is 16.5 Å². The first-order valence-electron chi connectivity index (χ1n) is 7.92. The fraction of sp³-hybridized carbons (Fsp3) is 0.389. The molecular formula is C18H20N2O5. The second-order valence-electron chi connectivity index (χ2n) is 5.66. The molecular weight excluding hydrogens is 324 g/mol. The van der Waals surface area contributed by atoms with E-state index >= 15 is 0 Å². The molecule has 0 spiro atoms. The molecule has 2 rings (SSSR count). The Morgan fingerprint density at radius 2 is 1.76 bits per heavy atom. The Hall–Kier alpha value is -2.83. The van der Waals surface area contributed by atoms with Crippen LogP contribution >= 0.6 is 0 Å². The summed E-state index contributed by atoms with van der Waals surface area (Å²) in [4.78, 5) is 33.7. The van der Waals surface area contributed by atoms with Crippen LogP contribution in [0, 0.1) is 9.81 Å². The van der Waals surface area contributed by atoms with Gasteiger partial charge in [0.25, 0.3) is 0 Å². The van der Waals surface area contributed by atoms with Gasteiger partial charge in [-0.2, -0.15) is 9.81 Å². The predicted molar refractivity (Wildman–Crippen MR) is 94.5 cm³/mol. The largest absolute Gasteiger partial charge is 0.497 e. The molecule has 0 amide bonds. The molecule has 0 aliphatic rings. The number of nitrogens with zero attached hydrogens (tertiary/aromatic N) is 2. The number of methoxy groups -OCH3 is 2. The van der Waals surface area contributed by atoms with Gasteiger partial charge in [0.2, 0.25) is 0 Å². The molecule has 0 fully saturated rings. The van der Waals surface area contributed by atoms with Gasteiger partial charge in [-0.25, -0.2) is 0 Å². The zero-order valence-electron chi connectivity index (χ0n) is 14.2. The number of carbonyl (C=O) groups is 1. The molecule has 2 atom stereocenters. The molecule has 0 heterocycles. The molecule has 2 unspecified atom stereocenters. The highest BCUT2D eigenvalue weighted by Gasteiger charge is 2.25. The van der Waals surface area contributed by atoms with E-state index in [2.05, 4.69) is 15.1 Å².